The molecular formula is C9H11FN2O. The minimum atomic E-state index is -0.942. The first-order chi connectivity index (χ1) is 6.24. The van der Waals surface area contributed by atoms with Crippen LogP contribution in [0, 0.1) is 0 Å². The molecule has 0 saturated heterocycles. The number of nitrogens with one attached hydrogen (secondary N) is 1. The lowest BCUT2D eigenvalue weighted by Crippen LogP contribution is -2.38. The number of benzene rings is 1. The number of hydrogen-bond donors (Lipinski definition) is 2. The van der Waals surface area contributed by atoms with Gasteiger partial charge in [-0.15, -0.1) is 10.0 Å². The topological polar surface area (TPSA) is 55.1 Å². The molecule has 13 heavy (non-hydrogen) atoms. The van der Waals surface area contributed by atoms with E-state index in [9.17, 15) is 9.28 Å². The number of halogens is 1. The van der Waals surface area contributed by atoms with Crippen molar-refractivity contribution >= 4 is 5.91 Å². The summed E-state index contributed by atoms with van der Waals surface area (Å²) in [6.45, 7) is 0. The fourth-order valence-electron chi connectivity index (χ4n) is 1.04. The van der Waals surface area contributed by atoms with Gasteiger partial charge in [0.1, 0.15) is 6.04 Å². The molecule has 0 unspecified atom stereocenters. The van der Waals surface area contributed by atoms with Crippen LogP contribution in [-0.4, -0.2) is 11.9 Å². The normalized spacial score (nSPS) is 12.4. The van der Waals surface area contributed by atoms with Gasteiger partial charge < -0.3 is 5.73 Å². The standard InChI is InChI=1S/C9H11FN2O/c10-12-8(9(11)13)6-7-4-2-1-3-5-7/h1-5,8,12H,6H2,(H2,11,13)/t8-/m0/s1. The molecular weight excluding hydrogens is 171 g/mol. The van der Waals surface area contributed by atoms with Crippen LogP contribution in [0.5, 0.6) is 0 Å². The average molecular weight is 182 g/mol. The van der Waals surface area contributed by atoms with E-state index in [2.05, 4.69) is 0 Å². The Morgan fingerprint density at radius 3 is 2.54 bits per heavy atom. The summed E-state index contributed by atoms with van der Waals surface area (Å²) < 4.78 is 12.0. The molecule has 0 spiro atoms. The van der Waals surface area contributed by atoms with Gasteiger partial charge in [-0.1, -0.05) is 30.3 Å². The highest BCUT2D eigenvalue weighted by atomic mass is 19.2. The zero-order chi connectivity index (χ0) is 9.68. The summed E-state index contributed by atoms with van der Waals surface area (Å²) in [5, 5.41) is 0. The number of hydrogen-bond acceptors (Lipinski definition) is 2. The van der Waals surface area contributed by atoms with E-state index in [1.807, 2.05) is 30.3 Å². The van der Waals surface area contributed by atoms with Crippen molar-refractivity contribution in [3.05, 3.63) is 35.9 Å². The maximum Gasteiger partial charge on any atom is 0.237 e. The van der Waals surface area contributed by atoms with E-state index in [1.165, 1.54) is 5.54 Å². The van der Waals surface area contributed by atoms with Gasteiger partial charge in [-0.2, -0.15) is 0 Å². The molecule has 70 valence electrons. The van der Waals surface area contributed by atoms with Crippen molar-refractivity contribution in [2.24, 2.45) is 5.73 Å². The zero-order valence-electron chi connectivity index (χ0n) is 7.03. The highest BCUT2D eigenvalue weighted by molar-refractivity contribution is 5.80. The molecule has 1 aromatic carbocycles. The molecule has 0 aliphatic heterocycles. The molecule has 3 nitrogen and oxygen atoms in total. The second kappa shape index (κ2) is 4.57. The Bertz CT molecular complexity index is 276. The van der Waals surface area contributed by atoms with Crippen molar-refractivity contribution < 1.29 is 9.28 Å². The molecule has 0 aliphatic rings. The first kappa shape index (κ1) is 9.67. The van der Waals surface area contributed by atoms with Gasteiger partial charge in [0.15, 0.2) is 0 Å². The van der Waals surface area contributed by atoms with Crippen LogP contribution in [0.2, 0.25) is 0 Å². The number of rotatable bonds is 4. The van der Waals surface area contributed by atoms with Crippen molar-refractivity contribution in [3.8, 4) is 0 Å². The Kier molecular flexibility index (Phi) is 3.40. The predicted octanol–water partition coefficient (Wildman–Crippen LogP) is 0.557. The van der Waals surface area contributed by atoms with Gasteiger partial charge in [0.2, 0.25) is 5.91 Å². The summed E-state index contributed by atoms with van der Waals surface area (Å²) in [5.74, 6) is -0.689. The number of nitrogens with two attached hydrogens (primary N) is 1. The largest absolute Gasteiger partial charge is 0.368 e. The highest BCUT2D eigenvalue weighted by Gasteiger charge is 2.14. The summed E-state index contributed by atoms with van der Waals surface area (Å²) in [7, 11) is 0. The first-order valence-electron chi connectivity index (χ1n) is 3.93. The van der Waals surface area contributed by atoms with Crippen LogP contribution in [0.4, 0.5) is 4.48 Å². The Morgan fingerprint density at radius 2 is 2.08 bits per heavy atom. The molecule has 0 aromatic heterocycles. The number of primary amides is 1. The third-order valence-electron chi connectivity index (χ3n) is 1.76. The SMILES string of the molecule is NC(=O)[C@H](Cc1ccccc1)NF. The van der Waals surface area contributed by atoms with Gasteiger partial charge >= 0.3 is 0 Å². The van der Waals surface area contributed by atoms with E-state index >= 15 is 0 Å². The molecule has 1 aromatic rings. The third kappa shape index (κ3) is 2.83. The van der Waals surface area contributed by atoms with E-state index in [-0.39, 0.29) is 6.42 Å². The van der Waals surface area contributed by atoms with Crippen LogP contribution in [0.25, 0.3) is 0 Å². The number of carbonyl (C=O) groups is 1. The van der Waals surface area contributed by atoms with Gasteiger partial charge in [-0.05, 0) is 12.0 Å². The van der Waals surface area contributed by atoms with Gasteiger partial charge in [0, 0.05) is 0 Å². The van der Waals surface area contributed by atoms with Crippen LogP contribution >= 0.6 is 0 Å². The third-order valence-corrected chi connectivity index (χ3v) is 1.76. The quantitative estimate of drug-likeness (QED) is 0.668. The van der Waals surface area contributed by atoms with E-state index in [1.54, 1.807) is 0 Å². The first-order valence-corrected chi connectivity index (χ1v) is 3.93. The van der Waals surface area contributed by atoms with E-state index in [0.29, 0.717) is 0 Å². The molecule has 4 heteroatoms. The van der Waals surface area contributed by atoms with Gasteiger partial charge in [-0.3, -0.25) is 4.79 Å². The van der Waals surface area contributed by atoms with E-state index in [0.717, 1.165) is 5.56 Å². The molecule has 1 rings (SSSR count). The lowest BCUT2D eigenvalue weighted by Gasteiger charge is -2.08. The van der Waals surface area contributed by atoms with Gasteiger partial charge in [0.05, 0.1) is 0 Å². The highest BCUT2D eigenvalue weighted by Crippen LogP contribution is 2.02. The smallest absolute Gasteiger partial charge is 0.237 e. The maximum absolute atomic E-state index is 12.0. The van der Waals surface area contributed by atoms with Crippen LogP contribution in [0.3, 0.4) is 0 Å². The summed E-state index contributed by atoms with van der Waals surface area (Å²) in [6, 6.07) is 8.19. The molecule has 0 fully saturated rings. The van der Waals surface area contributed by atoms with E-state index < -0.39 is 11.9 Å². The molecule has 0 radical (unpaired) electrons. The van der Waals surface area contributed by atoms with Crippen LogP contribution in [0.1, 0.15) is 5.56 Å². The van der Waals surface area contributed by atoms with Crippen molar-refractivity contribution in [1.82, 2.24) is 5.54 Å². The molecule has 0 heterocycles. The Balaban J connectivity index is 2.62. The van der Waals surface area contributed by atoms with Crippen LogP contribution < -0.4 is 11.3 Å². The van der Waals surface area contributed by atoms with Crippen molar-refractivity contribution in [2.45, 2.75) is 12.5 Å². The predicted molar refractivity (Wildman–Crippen MR) is 47.4 cm³/mol. The fraction of sp³-hybridized carbons (Fsp3) is 0.222. The molecule has 1 atom stereocenters. The summed E-state index contributed by atoms with van der Waals surface area (Å²) in [5.41, 5.74) is 7.20. The van der Waals surface area contributed by atoms with Crippen molar-refractivity contribution in [2.75, 3.05) is 0 Å². The number of amides is 1. The Hall–Kier alpha value is -1.42. The monoisotopic (exact) mass is 182 g/mol. The number of carbonyl (C=O) groups excluding carboxylic acids is 1. The molecule has 0 saturated carbocycles. The van der Waals surface area contributed by atoms with Crippen molar-refractivity contribution in [3.63, 3.8) is 0 Å². The lowest BCUT2D eigenvalue weighted by atomic mass is 10.1. The molecule has 0 aliphatic carbocycles. The second-order valence-corrected chi connectivity index (χ2v) is 2.75. The zero-order valence-corrected chi connectivity index (χ0v) is 7.03. The van der Waals surface area contributed by atoms with Crippen LogP contribution in [-0.2, 0) is 11.2 Å². The van der Waals surface area contributed by atoms with E-state index in [4.69, 9.17) is 5.73 Å². The summed E-state index contributed by atoms with van der Waals surface area (Å²) in [4.78, 5) is 10.7. The molecule has 0 bridgehead atoms. The van der Waals surface area contributed by atoms with Gasteiger partial charge in [-0.25, -0.2) is 0 Å². The van der Waals surface area contributed by atoms with Crippen molar-refractivity contribution in [1.29, 1.82) is 0 Å². The summed E-state index contributed by atoms with van der Waals surface area (Å²) >= 11 is 0. The average Bonchev–Trinajstić information content (AvgIpc) is 2.15. The second-order valence-electron chi connectivity index (χ2n) is 2.75. The fourth-order valence-corrected chi connectivity index (χ4v) is 1.04. The lowest BCUT2D eigenvalue weighted by molar-refractivity contribution is -0.121. The Morgan fingerprint density at radius 1 is 1.46 bits per heavy atom. The minimum Gasteiger partial charge on any atom is -0.368 e. The molecule has 1 amide bonds. The maximum atomic E-state index is 12.0. The minimum absolute atomic E-state index is 0.271. The Labute approximate surface area is 75.7 Å². The molecule has 3 N–H and O–H groups in total. The summed E-state index contributed by atoms with van der Waals surface area (Å²) in [6.07, 6.45) is 0.271. The van der Waals surface area contributed by atoms with Crippen LogP contribution in [0.15, 0.2) is 30.3 Å². The van der Waals surface area contributed by atoms with Gasteiger partial charge in [0.25, 0.3) is 0 Å².